The van der Waals surface area contributed by atoms with Crippen molar-refractivity contribution in [3.63, 3.8) is 0 Å². The largest absolute Gasteiger partial charge is 0.375 e. The number of benzene rings is 1. The molecule has 0 aliphatic carbocycles. The Morgan fingerprint density at radius 3 is 3.07 bits per heavy atom. The summed E-state index contributed by atoms with van der Waals surface area (Å²) in [5.74, 6) is 0. The van der Waals surface area contributed by atoms with Crippen molar-refractivity contribution in [3.05, 3.63) is 29.8 Å². The monoisotopic (exact) mass is 205 g/mol. The number of hydrogen-bond acceptors (Lipinski definition) is 4. The first kappa shape index (κ1) is 9.18. The first-order valence-electron chi connectivity index (χ1n) is 4.32. The SMILES string of the molecule is NCC=Cc1ccc2nc(N)sc2c1. The Morgan fingerprint density at radius 2 is 2.29 bits per heavy atom. The Kier molecular flexibility index (Phi) is 2.47. The van der Waals surface area contributed by atoms with Gasteiger partial charge in [-0.2, -0.15) is 0 Å². The van der Waals surface area contributed by atoms with Gasteiger partial charge in [-0.25, -0.2) is 4.98 Å². The smallest absolute Gasteiger partial charge is 0.181 e. The Balaban J connectivity index is 2.45. The quantitative estimate of drug-likeness (QED) is 0.786. The molecule has 14 heavy (non-hydrogen) atoms. The Bertz CT molecular complexity index is 473. The van der Waals surface area contributed by atoms with E-state index in [1.807, 2.05) is 24.3 Å². The number of nitrogen functional groups attached to an aromatic ring is 1. The molecule has 0 fully saturated rings. The second-order valence-corrected chi connectivity index (χ2v) is 3.98. The van der Waals surface area contributed by atoms with E-state index in [1.54, 1.807) is 0 Å². The summed E-state index contributed by atoms with van der Waals surface area (Å²) in [5, 5.41) is 0.611. The average molecular weight is 205 g/mol. The summed E-state index contributed by atoms with van der Waals surface area (Å²) in [7, 11) is 0. The van der Waals surface area contributed by atoms with Crippen LogP contribution in [0.2, 0.25) is 0 Å². The number of aromatic nitrogens is 1. The van der Waals surface area contributed by atoms with Crippen molar-refractivity contribution in [1.82, 2.24) is 4.98 Å². The van der Waals surface area contributed by atoms with E-state index in [0.717, 1.165) is 15.8 Å². The van der Waals surface area contributed by atoms with E-state index in [4.69, 9.17) is 11.5 Å². The highest BCUT2D eigenvalue weighted by Gasteiger charge is 1.99. The van der Waals surface area contributed by atoms with Crippen LogP contribution in [0.25, 0.3) is 16.3 Å². The molecule has 0 radical (unpaired) electrons. The zero-order valence-corrected chi connectivity index (χ0v) is 8.42. The van der Waals surface area contributed by atoms with Gasteiger partial charge in [-0.15, -0.1) is 0 Å². The van der Waals surface area contributed by atoms with Crippen molar-refractivity contribution < 1.29 is 0 Å². The van der Waals surface area contributed by atoms with Gasteiger partial charge in [0.2, 0.25) is 0 Å². The van der Waals surface area contributed by atoms with Gasteiger partial charge in [0, 0.05) is 6.54 Å². The lowest BCUT2D eigenvalue weighted by Crippen LogP contribution is -1.91. The number of hydrogen-bond donors (Lipinski definition) is 2. The molecule has 0 aliphatic rings. The fourth-order valence-corrected chi connectivity index (χ4v) is 2.05. The minimum atomic E-state index is 0.558. The lowest BCUT2D eigenvalue weighted by molar-refractivity contribution is 1.26. The summed E-state index contributed by atoms with van der Waals surface area (Å²) in [5.41, 5.74) is 13.1. The maximum atomic E-state index is 5.61. The summed E-state index contributed by atoms with van der Waals surface area (Å²) in [6, 6.07) is 6.04. The van der Waals surface area contributed by atoms with Crippen LogP contribution in [0.1, 0.15) is 5.56 Å². The molecule has 0 unspecified atom stereocenters. The zero-order valence-electron chi connectivity index (χ0n) is 7.60. The number of nitrogens with two attached hydrogens (primary N) is 2. The first-order chi connectivity index (χ1) is 6.79. The Morgan fingerprint density at radius 1 is 1.43 bits per heavy atom. The van der Waals surface area contributed by atoms with Crippen LogP contribution in [0.3, 0.4) is 0 Å². The molecule has 1 heterocycles. The third-order valence-corrected chi connectivity index (χ3v) is 2.72. The molecule has 3 nitrogen and oxygen atoms in total. The van der Waals surface area contributed by atoms with Crippen LogP contribution >= 0.6 is 11.3 Å². The van der Waals surface area contributed by atoms with Crippen molar-refractivity contribution in [2.45, 2.75) is 0 Å². The number of thiazole rings is 1. The van der Waals surface area contributed by atoms with Gasteiger partial charge in [0.25, 0.3) is 0 Å². The summed E-state index contributed by atoms with van der Waals surface area (Å²) >= 11 is 1.50. The van der Waals surface area contributed by atoms with E-state index in [0.29, 0.717) is 11.7 Å². The second-order valence-electron chi connectivity index (χ2n) is 2.92. The third-order valence-electron chi connectivity index (χ3n) is 1.88. The highest BCUT2D eigenvalue weighted by Crippen LogP contribution is 2.24. The van der Waals surface area contributed by atoms with Crippen LogP contribution in [-0.4, -0.2) is 11.5 Å². The standard InChI is InChI=1S/C10H11N3S/c11-5-1-2-7-3-4-8-9(6-7)14-10(12)13-8/h1-4,6H,5,11H2,(H2,12,13). The Hall–Kier alpha value is -1.39. The van der Waals surface area contributed by atoms with Crippen LogP contribution in [0.15, 0.2) is 24.3 Å². The molecular formula is C10H11N3S. The molecule has 0 amide bonds. The summed E-state index contributed by atoms with van der Waals surface area (Å²) in [6.45, 7) is 0.558. The van der Waals surface area contributed by atoms with Crippen LogP contribution in [0, 0.1) is 0 Å². The molecule has 2 rings (SSSR count). The van der Waals surface area contributed by atoms with Crippen molar-refractivity contribution in [3.8, 4) is 0 Å². The van der Waals surface area contributed by atoms with E-state index in [9.17, 15) is 0 Å². The molecule has 1 aromatic heterocycles. The number of fused-ring (bicyclic) bond motifs is 1. The lowest BCUT2D eigenvalue weighted by atomic mass is 10.2. The lowest BCUT2D eigenvalue weighted by Gasteiger charge is -1.92. The second kappa shape index (κ2) is 3.77. The predicted molar refractivity (Wildman–Crippen MR) is 62.1 cm³/mol. The molecule has 0 saturated heterocycles. The molecule has 0 atom stereocenters. The van der Waals surface area contributed by atoms with Crippen molar-refractivity contribution in [1.29, 1.82) is 0 Å². The van der Waals surface area contributed by atoms with Crippen molar-refractivity contribution >= 4 is 32.8 Å². The molecule has 72 valence electrons. The molecule has 1 aromatic carbocycles. The molecule has 0 saturated carbocycles. The van der Waals surface area contributed by atoms with Gasteiger partial charge in [0.15, 0.2) is 5.13 Å². The minimum absolute atomic E-state index is 0.558. The fraction of sp³-hybridized carbons (Fsp3) is 0.100. The van der Waals surface area contributed by atoms with Gasteiger partial charge in [0.1, 0.15) is 0 Å². The average Bonchev–Trinajstić information content (AvgIpc) is 2.54. The topological polar surface area (TPSA) is 64.9 Å². The Labute approximate surface area is 86.1 Å². The van der Waals surface area contributed by atoms with Crippen LogP contribution in [0.4, 0.5) is 5.13 Å². The summed E-state index contributed by atoms with van der Waals surface area (Å²) in [6.07, 6.45) is 3.92. The van der Waals surface area contributed by atoms with Gasteiger partial charge in [0.05, 0.1) is 10.2 Å². The molecule has 4 N–H and O–H groups in total. The normalized spacial score (nSPS) is 11.5. The third kappa shape index (κ3) is 1.76. The molecule has 0 aliphatic heterocycles. The number of anilines is 1. The van der Waals surface area contributed by atoms with Gasteiger partial charge in [-0.1, -0.05) is 29.6 Å². The summed E-state index contributed by atoms with van der Waals surface area (Å²) in [4.78, 5) is 4.18. The van der Waals surface area contributed by atoms with Crippen LogP contribution in [0.5, 0.6) is 0 Å². The highest BCUT2D eigenvalue weighted by molar-refractivity contribution is 7.22. The van der Waals surface area contributed by atoms with Crippen LogP contribution in [-0.2, 0) is 0 Å². The van der Waals surface area contributed by atoms with E-state index in [1.165, 1.54) is 11.3 Å². The number of rotatable bonds is 2. The molecule has 4 heteroatoms. The predicted octanol–water partition coefficient (Wildman–Crippen LogP) is 1.85. The van der Waals surface area contributed by atoms with Crippen molar-refractivity contribution in [2.75, 3.05) is 12.3 Å². The van der Waals surface area contributed by atoms with Crippen molar-refractivity contribution in [2.24, 2.45) is 5.73 Å². The molecule has 0 spiro atoms. The minimum Gasteiger partial charge on any atom is -0.375 e. The maximum Gasteiger partial charge on any atom is 0.181 e. The highest BCUT2D eigenvalue weighted by atomic mass is 32.1. The van der Waals surface area contributed by atoms with Gasteiger partial charge >= 0.3 is 0 Å². The van der Waals surface area contributed by atoms with Gasteiger partial charge < -0.3 is 11.5 Å². The fourth-order valence-electron chi connectivity index (χ4n) is 1.27. The molecule has 0 bridgehead atoms. The maximum absolute atomic E-state index is 5.61. The first-order valence-corrected chi connectivity index (χ1v) is 5.14. The van der Waals surface area contributed by atoms with E-state index in [2.05, 4.69) is 11.1 Å². The van der Waals surface area contributed by atoms with Gasteiger partial charge in [-0.3, -0.25) is 0 Å². The molecule has 2 aromatic rings. The van der Waals surface area contributed by atoms with E-state index < -0.39 is 0 Å². The van der Waals surface area contributed by atoms with Crippen LogP contribution < -0.4 is 11.5 Å². The van der Waals surface area contributed by atoms with Gasteiger partial charge in [-0.05, 0) is 17.7 Å². The zero-order chi connectivity index (χ0) is 9.97. The summed E-state index contributed by atoms with van der Waals surface area (Å²) < 4.78 is 1.11. The van der Waals surface area contributed by atoms with E-state index >= 15 is 0 Å². The molecular weight excluding hydrogens is 194 g/mol. The van der Waals surface area contributed by atoms with E-state index in [-0.39, 0.29) is 0 Å². The number of nitrogens with zero attached hydrogens (tertiary/aromatic N) is 1.